The largest absolute Gasteiger partial charge is 0.465 e. The molecule has 6 heterocycles. The van der Waals surface area contributed by atoms with Crippen LogP contribution in [0.1, 0.15) is 140 Å². The Kier molecular flexibility index (Phi) is 12.6. The summed E-state index contributed by atoms with van der Waals surface area (Å²) in [5.41, 5.74) is 3.94. The number of piperidine rings is 1. The number of fused-ring (bicyclic) bond motifs is 2. The maximum Gasteiger partial charge on any atom is 0.408 e. The number of alkyl carbamates (subject to hydrolysis) is 1. The van der Waals surface area contributed by atoms with Crippen molar-refractivity contribution in [3.63, 3.8) is 0 Å². The van der Waals surface area contributed by atoms with Crippen LogP contribution in [0.25, 0.3) is 22.1 Å². The zero-order chi connectivity index (χ0) is 48.1. The number of hydrogen-bond donors (Lipinski definition) is 5. The van der Waals surface area contributed by atoms with Gasteiger partial charge in [-0.15, -0.1) is 0 Å². The zero-order valence-electron chi connectivity index (χ0n) is 40.1. The number of hydrogen-bond acceptors (Lipinski definition) is 10. The average molecular weight is 933 g/mol. The van der Waals surface area contributed by atoms with Gasteiger partial charge in [0.15, 0.2) is 5.78 Å². The van der Waals surface area contributed by atoms with E-state index in [2.05, 4.69) is 54.7 Å². The van der Waals surface area contributed by atoms with E-state index in [-0.39, 0.29) is 48.7 Å². The van der Waals surface area contributed by atoms with Crippen molar-refractivity contribution in [1.29, 1.82) is 0 Å². The van der Waals surface area contributed by atoms with Gasteiger partial charge in [-0.3, -0.25) is 19.8 Å². The molecule has 3 amide bonds. The van der Waals surface area contributed by atoms with Crippen molar-refractivity contribution >= 4 is 57.3 Å². The Morgan fingerprint density at radius 3 is 2.12 bits per heavy atom. The molecule has 68 heavy (non-hydrogen) atoms. The molecular formula is C51H65FN10O6. The highest BCUT2D eigenvalue weighted by atomic mass is 19.1. The number of H-pyrrole nitrogens is 2. The van der Waals surface area contributed by atoms with Gasteiger partial charge >= 0.3 is 12.2 Å². The predicted molar refractivity (Wildman–Crippen MR) is 258 cm³/mol. The van der Waals surface area contributed by atoms with Crippen LogP contribution in [0.3, 0.4) is 0 Å². The average Bonchev–Trinajstić information content (AvgIpc) is 4.15. The van der Waals surface area contributed by atoms with Crippen molar-refractivity contribution in [3.8, 4) is 0 Å². The number of rotatable bonds is 11. The molecule has 0 saturated carbocycles. The van der Waals surface area contributed by atoms with Crippen molar-refractivity contribution in [1.82, 2.24) is 40.4 Å². The van der Waals surface area contributed by atoms with Crippen molar-refractivity contribution in [2.45, 2.75) is 134 Å². The third kappa shape index (κ3) is 9.33. The molecule has 4 aliphatic heterocycles. The third-order valence-electron chi connectivity index (χ3n) is 14.2. The maximum atomic E-state index is 16.4. The van der Waals surface area contributed by atoms with Gasteiger partial charge in [0.2, 0.25) is 5.91 Å². The monoisotopic (exact) mass is 933 g/mol. The molecule has 0 bridgehead atoms. The number of aromatic amines is 2. The van der Waals surface area contributed by atoms with E-state index in [0.29, 0.717) is 48.8 Å². The number of Topliss-reactive ketones (excluding diaryl/α,β-unsaturated/α-hetero) is 1. The second-order valence-corrected chi connectivity index (χ2v) is 21.0. The van der Waals surface area contributed by atoms with E-state index in [1.54, 1.807) is 52.5 Å². The SMILES string of the molecule is CC(C)(C)OC(=O)NCC(=O)[C@@]1(c2nc3cc([C@@H]4CC[C@@H](c5ccc6[nH]c([C@@H]7CCCN7C(=O)CN(C(=O)O)C(C)(C)C)nc6c5)N4c4ccc(N5CCCCC5)c(F)c4)ccc3[nH]2)CCCN1. The van der Waals surface area contributed by atoms with E-state index in [0.717, 1.165) is 91.4 Å². The Bertz CT molecular complexity index is 2710. The molecule has 5 N–H and O–H groups in total. The molecule has 4 aliphatic rings. The number of carbonyl (C=O) groups excluding carboxylic acids is 3. The lowest BCUT2D eigenvalue weighted by atomic mass is 9.91. The molecule has 362 valence electrons. The summed E-state index contributed by atoms with van der Waals surface area (Å²) in [7, 11) is 0. The van der Waals surface area contributed by atoms with Gasteiger partial charge < -0.3 is 39.8 Å². The number of ether oxygens (including phenoxy) is 1. The summed E-state index contributed by atoms with van der Waals surface area (Å²) in [5, 5.41) is 15.9. The maximum absolute atomic E-state index is 16.4. The number of carboxylic acid groups (broad SMARTS) is 1. The second-order valence-electron chi connectivity index (χ2n) is 21.0. The molecule has 0 aliphatic carbocycles. The zero-order valence-corrected chi connectivity index (χ0v) is 40.1. The molecule has 5 aromatic rings. The van der Waals surface area contributed by atoms with E-state index >= 15 is 4.39 Å². The molecule has 0 radical (unpaired) electrons. The number of imidazole rings is 2. The molecule has 17 heteroatoms. The molecule has 4 atom stereocenters. The molecule has 4 fully saturated rings. The Morgan fingerprint density at radius 1 is 0.824 bits per heavy atom. The Labute approximate surface area is 396 Å². The number of anilines is 2. The van der Waals surface area contributed by atoms with E-state index in [9.17, 15) is 24.3 Å². The number of likely N-dealkylation sites (tertiary alicyclic amines) is 1. The van der Waals surface area contributed by atoms with E-state index in [1.165, 1.54) is 4.90 Å². The first-order chi connectivity index (χ1) is 32.4. The van der Waals surface area contributed by atoms with Gasteiger partial charge in [0.05, 0.1) is 52.4 Å². The molecule has 9 rings (SSSR count). The minimum Gasteiger partial charge on any atom is -0.465 e. The van der Waals surface area contributed by atoms with Crippen LogP contribution >= 0.6 is 0 Å². The molecule has 16 nitrogen and oxygen atoms in total. The van der Waals surface area contributed by atoms with Gasteiger partial charge in [-0.25, -0.2) is 23.9 Å². The van der Waals surface area contributed by atoms with E-state index in [1.807, 2.05) is 24.3 Å². The first-order valence-electron chi connectivity index (χ1n) is 24.3. The highest BCUT2D eigenvalue weighted by molar-refractivity contribution is 5.93. The fourth-order valence-electron chi connectivity index (χ4n) is 10.8. The van der Waals surface area contributed by atoms with Crippen LogP contribution in [0, 0.1) is 5.82 Å². The number of nitrogens with zero attached hydrogens (tertiary/aromatic N) is 6. The smallest absolute Gasteiger partial charge is 0.408 e. The molecule has 0 spiro atoms. The summed E-state index contributed by atoms with van der Waals surface area (Å²) in [4.78, 5) is 76.5. The van der Waals surface area contributed by atoms with Crippen molar-refractivity contribution in [2.24, 2.45) is 0 Å². The second kappa shape index (κ2) is 18.4. The predicted octanol–water partition coefficient (Wildman–Crippen LogP) is 8.77. The number of benzene rings is 3. The lowest BCUT2D eigenvalue weighted by Gasteiger charge is -2.34. The summed E-state index contributed by atoms with van der Waals surface area (Å²) in [6, 6.07) is 17.4. The number of halogens is 1. The molecule has 2 aromatic heterocycles. The molecule has 3 aromatic carbocycles. The van der Waals surface area contributed by atoms with Crippen LogP contribution < -0.4 is 20.4 Å². The van der Waals surface area contributed by atoms with Crippen molar-refractivity contribution in [3.05, 3.63) is 83.2 Å². The van der Waals surface area contributed by atoms with Crippen molar-refractivity contribution in [2.75, 3.05) is 49.1 Å². The lowest BCUT2D eigenvalue weighted by Crippen LogP contribution is -2.50. The summed E-state index contributed by atoms with van der Waals surface area (Å²) in [5.74, 6) is 0.451. The first kappa shape index (κ1) is 46.9. The standard InChI is InChI=1S/C51H65FN10O6/c1-49(2,3)61(48(66)67)30-44(64)60-25-10-12-42(60)45-55-35-16-13-31(26-37(35)56-45)39-19-20-40(62(39)33-15-18-41(34(52)28-33)59-23-8-7-9-24-59)32-14-17-36-38(27-32)58-46(57-36)51(21-11-22-54-51)43(63)29-53-47(65)68-50(4,5)6/h13-18,26-28,39-40,42,54H,7-12,19-25,29-30H2,1-6H3,(H,53,65)(H,55,56)(H,57,58)(H,66,67)/t39-,40-,42-,51+/m0/s1. The highest BCUT2D eigenvalue weighted by Crippen LogP contribution is 2.48. The number of nitrogens with one attached hydrogen (secondary N) is 4. The first-order valence-corrected chi connectivity index (χ1v) is 24.3. The van der Waals surface area contributed by atoms with Gasteiger partial charge in [-0.2, -0.15) is 0 Å². The van der Waals surface area contributed by atoms with Gasteiger partial charge in [0.1, 0.15) is 35.2 Å². The summed E-state index contributed by atoms with van der Waals surface area (Å²) >= 11 is 0. The number of carbonyl (C=O) groups is 4. The van der Waals surface area contributed by atoms with Gasteiger partial charge in [-0.05, 0) is 159 Å². The fourth-order valence-corrected chi connectivity index (χ4v) is 10.8. The summed E-state index contributed by atoms with van der Waals surface area (Å²) in [6.07, 6.45) is 5.75. The Morgan fingerprint density at radius 2 is 1.50 bits per heavy atom. The van der Waals surface area contributed by atoms with E-state index in [4.69, 9.17) is 14.7 Å². The Hall–Kier alpha value is -6.23. The fraction of sp³-hybridized carbons (Fsp3) is 0.529. The molecule has 0 unspecified atom stereocenters. The summed E-state index contributed by atoms with van der Waals surface area (Å²) < 4.78 is 21.8. The van der Waals surface area contributed by atoms with Gasteiger partial charge in [0.25, 0.3) is 0 Å². The van der Waals surface area contributed by atoms with Gasteiger partial charge in [-0.1, -0.05) is 12.1 Å². The number of aromatic nitrogens is 4. The highest BCUT2D eigenvalue weighted by Gasteiger charge is 2.45. The molecular weight excluding hydrogens is 868 g/mol. The minimum atomic E-state index is -1.14. The third-order valence-corrected chi connectivity index (χ3v) is 14.2. The van der Waals surface area contributed by atoms with E-state index < -0.39 is 28.9 Å². The van der Waals surface area contributed by atoms with Crippen LogP contribution in [0.2, 0.25) is 0 Å². The molecule has 4 saturated heterocycles. The number of amides is 3. The van der Waals surface area contributed by atoms with Crippen LogP contribution in [0.4, 0.5) is 25.4 Å². The van der Waals surface area contributed by atoms with Crippen LogP contribution in [-0.2, 0) is 19.9 Å². The number of ketones is 1. The van der Waals surface area contributed by atoms with Crippen molar-refractivity contribution < 1.29 is 33.4 Å². The quantitative estimate of drug-likeness (QED) is 0.0851. The minimum absolute atomic E-state index is 0.139. The van der Waals surface area contributed by atoms with Crippen LogP contribution in [-0.4, -0.2) is 109 Å². The van der Waals surface area contributed by atoms with Crippen LogP contribution in [0.5, 0.6) is 0 Å². The normalized spacial score (nSPS) is 22.3. The van der Waals surface area contributed by atoms with Crippen LogP contribution in [0.15, 0.2) is 54.6 Å². The lowest BCUT2D eigenvalue weighted by molar-refractivity contribution is -0.134. The summed E-state index contributed by atoms with van der Waals surface area (Å²) in [6.45, 7) is 13.0. The topological polar surface area (TPSA) is 192 Å². The Balaban J connectivity index is 1.02. The van der Waals surface area contributed by atoms with Gasteiger partial charge in [0, 0.05) is 30.9 Å².